The van der Waals surface area contributed by atoms with Crippen LogP contribution in [0.4, 0.5) is 0 Å². The lowest BCUT2D eigenvalue weighted by atomic mass is 9.99. The average Bonchev–Trinajstić information content (AvgIpc) is 2.74. The Bertz CT molecular complexity index is 560. The molecule has 2 rings (SSSR count). The molecule has 0 aromatic heterocycles. The fourth-order valence-electron chi connectivity index (χ4n) is 3.77. The second-order valence-electron chi connectivity index (χ2n) is 8.67. The van der Waals surface area contributed by atoms with Crippen LogP contribution < -0.4 is 0 Å². The Morgan fingerprint density at radius 3 is 2.31 bits per heavy atom. The minimum absolute atomic E-state index is 0.101. The van der Waals surface area contributed by atoms with Crippen LogP contribution in [0, 0.1) is 0 Å². The topological polar surface area (TPSA) is 175 Å². The molecular weight excluding hydrogens is 428 g/mol. The molecule has 0 aromatic carbocycles. The molecule has 0 radical (unpaired) electrons. The van der Waals surface area contributed by atoms with Crippen molar-refractivity contribution in [2.45, 2.75) is 120 Å². The van der Waals surface area contributed by atoms with E-state index in [0.717, 1.165) is 25.7 Å². The Morgan fingerprint density at radius 2 is 1.62 bits per heavy atom. The largest absolute Gasteiger partial charge is 0.433 e. The third-order valence-electron chi connectivity index (χ3n) is 5.89. The molecule has 0 bridgehead atoms. The van der Waals surface area contributed by atoms with E-state index in [9.17, 15) is 30.3 Å². The van der Waals surface area contributed by atoms with E-state index in [1.807, 2.05) is 6.92 Å². The van der Waals surface area contributed by atoms with Crippen LogP contribution in [0.1, 0.15) is 58.8 Å². The highest BCUT2D eigenvalue weighted by molar-refractivity contribution is 5.69. The second kappa shape index (κ2) is 13.1. The number of carbonyl (C=O) groups excluding carboxylic acids is 1. The summed E-state index contributed by atoms with van der Waals surface area (Å²) in [6, 6.07) is 0. The Balaban J connectivity index is 1.57. The van der Waals surface area contributed by atoms with Gasteiger partial charge in [0.2, 0.25) is 6.29 Å². The molecule has 2 aliphatic heterocycles. The Labute approximate surface area is 187 Å². The van der Waals surface area contributed by atoms with E-state index in [-0.39, 0.29) is 18.9 Å². The standard InChI is InChI=1S/C21H38O11/c1-11(29-20-14(24)9-13(23)12(2)30-20)7-5-3-4-6-8-16(25)32-21-19(28)18(27)17(26)15(10-22)31-21/h11-15,17-24,26-28H,3-10H2,1-2H3/t11-,12+,13-,14-,15-,17-,18+,19-,20-,21+/m1/s1. The SMILES string of the molecule is C[C@H](CCCCCCC(=O)O[C@@H]1O[C@H](CO)[C@@H](O)[C@H](O)[C@H]1O)O[C@@H]1O[C@@H](C)[C@H](O)C[C@H]1O. The van der Waals surface area contributed by atoms with Gasteiger partial charge in [-0.25, -0.2) is 0 Å². The van der Waals surface area contributed by atoms with Crippen molar-refractivity contribution in [3.05, 3.63) is 0 Å². The molecule has 188 valence electrons. The smallest absolute Gasteiger partial charge is 0.308 e. The zero-order chi connectivity index (χ0) is 23.8. The summed E-state index contributed by atoms with van der Waals surface area (Å²) in [5, 5.41) is 58.1. The van der Waals surface area contributed by atoms with Crippen LogP contribution in [-0.4, -0.2) is 105 Å². The molecule has 6 N–H and O–H groups in total. The van der Waals surface area contributed by atoms with Gasteiger partial charge in [0.25, 0.3) is 0 Å². The van der Waals surface area contributed by atoms with Crippen LogP contribution >= 0.6 is 0 Å². The zero-order valence-electron chi connectivity index (χ0n) is 18.7. The highest BCUT2D eigenvalue weighted by atomic mass is 16.7. The minimum Gasteiger partial charge on any atom is -0.433 e. The molecule has 2 fully saturated rings. The van der Waals surface area contributed by atoms with E-state index < -0.39 is 67.9 Å². The normalized spacial score (nSPS) is 38.9. The molecule has 2 heterocycles. The Hall–Kier alpha value is -0.890. The summed E-state index contributed by atoms with van der Waals surface area (Å²) in [6.07, 6.45) is -5.99. The van der Waals surface area contributed by atoms with Crippen molar-refractivity contribution in [3.8, 4) is 0 Å². The van der Waals surface area contributed by atoms with Gasteiger partial charge in [-0.3, -0.25) is 4.79 Å². The first kappa shape index (κ1) is 27.4. The molecule has 0 spiro atoms. The third-order valence-corrected chi connectivity index (χ3v) is 5.89. The van der Waals surface area contributed by atoms with Crippen LogP contribution in [0.2, 0.25) is 0 Å². The Morgan fingerprint density at radius 1 is 0.938 bits per heavy atom. The molecule has 11 heteroatoms. The molecule has 2 saturated heterocycles. The van der Waals surface area contributed by atoms with Crippen LogP contribution in [0.25, 0.3) is 0 Å². The highest BCUT2D eigenvalue weighted by Crippen LogP contribution is 2.24. The van der Waals surface area contributed by atoms with Gasteiger partial charge in [0.1, 0.15) is 30.5 Å². The summed E-state index contributed by atoms with van der Waals surface area (Å²) in [5.74, 6) is -0.606. The summed E-state index contributed by atoms with van der Waals surface area (Å²) in [4.78, 5) is 12.0. The molecule has 0 aliphatic carbocycles. The van der Waals surface area contributed by atoms with E-state index in [1.165, 1.54) is 0 Å². The van der Waals surface area contributed by atoms with Gasteiger partial charge in [-0.1, -0.05) is 19.3 Å². The van der Waals surface area contributed by atoms with E-state index >= 15 is 0 Å². The van der Waals surface area contributed by atoms with Crippen molar-refractivity contribution in [3.63, 3.8) is 0 Å². The lowest BCUT2D eigenvalue weighted by molar-refractivity contribution is -0.292. The van der Waals surface area contributed by atoms with Gasteiger partial charge in [0, 0.05) is 12.8 Å². The molecule has 11 nitrogen and oxygen atoms in total. The van der Waals surface area contributed by atoms with Gasteiger partial charge in [-0.2, -0.15) is 0 Å². The van der Waals surface area contributed by atoms with Crippen molar-refractivity contribution in [2.75, 3.05) is 6.61 Å². The fourth-order valence-corrected chi connectivity index (χ4v) is 3.77. The number of esters is 1. The zero-order valence-corrected chi connectivity index (χ0v) is 18.7. The molecule has 10 atom stereocenters. The average molecular weight is 467 g/mol. The summed E-state index contributed by atoms with van der Waals surface area (Å²) >= 11 is 0. The van der Waals surface area contributed by atoms with Crippen LogP contribution in [0.5, 0.6) is 0 Å². The fraction of sp³-hybridized carbons (Fsp3) is 0.952. The van der Waals surface area contributed by atoms with E-state index in [2.05, 4.69) is 0 Å². The van der Waals surface area contributed by atoms with Gasteiger partial charge in [0.05, 0.1) is 24.9 Å². The number of unbranched alkanes of at least 4 members (excludes halogenated alkanes) is 3. The van der Waals surface area contributed by atoms with Crippen molar-refractivity contribution >= 4 is 5.97 Å². The molecule has 0 saturated carbocycles. The van der Waals surface area contributed by atoms with Gasteiger partial charge in [-0.15, -0.1) is 0 Å². The number of aliphatic hydroxyl groups is 6. The number of rotatable bonds is 11. The van der Waals surface area contributed by atoms with Crippen LogP contribution in [0.3, 0.4) is 0 Å². The van der Waals surface area contributed by atoms with Crippen LogP contribution in [0.15, 0.2) is 0 Å². The lowest BCUT2D eigenvalue weighted by Crippen LogP contribution is -2.59. The summed E-state index contributed by atoms with van der Waals surface area (Å²) in [6.45, 7) is 3.04. The van der Waals surface area contributed by atoms with Crippen molar-refractivity contribution in [2.24, 2.45) is 0 Å². The lowest BCUT2D eigenvalue weighted by Gasteiger charge is -2.39. The maximum atomic E-state index is 12.0. The summed E-state index contributed by atoms with van der Waals surface area (Å²) < 4.78 is 21.4. The third kappa shape index (κ3) is 7.86. The predicted molar refractivity (Wildman–Crippen MR) is 109 cm³/mol. The van der Waals surface area contributed by atoms with Gasteiger partial charge >= 0.3 is 5.97 Å². The summed E-state index contributed by atoms with van der Waals surface area (Å²) in [7, 11) is 0. The summed E-state index contributed by atoms with van der Waals surface area (Å²) in [5.41, 5.74) is 0. The number of hydrogen-bond donors (Lipinski definition) is 6. The number of ether oxygens (including phenoxy) is 4. The van der Waals surface area contributed by atoms with Crippen molar-refractivity contribution < 1.29 is 54.4 Å². The highest BCUT2D eigenvalue weighted by Gasteiger charge is 2.45. The Kier molecular flexibility index (Phi) is 11.2. The molecule has 2 aliphatic rings. The van der Waals surface area contributed by atoms with E-state index in [4.69, 9.17) is 24.1 Å². The molecular formula is C21H38O11. The molecule has 32 heavy (non-hydrogen) atoms. The molecule has 0 aromatic rings. The van der Waals surface area contributed by atoms with Gasteiger partial charge in [0.15, 0.2) is 6.29 Å². The number of carbonyl (C=O) groups is 1. The number of aliphatic hydroxyl groups excluding tert-OH is 6. The minimum atomic E-state index is -1.60. The van der Waals surface area contributed by atoms with Crippen LogP contribution in [-0.2, 0) is 23.7 Å². The van der Waals surface area contributed by atoms with E-state index in [1.54, 1.807) is 6.92 Å². The maximum absolute atomic E-state index is 12.0. The second-order valence-corrected chi connectivity index (χ2v) is 8.67. The molecule has 0 amide bonds. The monoisotopic (exact) mass is 466 g/mol. The van der Waals surface area contributed by atoms with E-state index in [0.29, 0.717) is 6.42 Å². The van der Waals surface area contributed by atoms with Gasteiger partial charge < -0.3 is 49.6 Å². The first-order valence-corrected chi connectivity index (χ1v) is 11.3. The number of hydrogen-bond acceptors (Lipinski definition) is 11. The quantitative estimate of drug-likeness (QED) is 0.162. The van der Waals surface area contributed by atoms with Crippen molar-refractivity contribution in [1.29, 1.82) is 0 Å². The first-order chi connectivity index (χ1) is 15.1. The molecule has 0 unspecified atom stereocenters. The predicted octanol–water partition coefficient (Wildman–Crippen LogP) is -1.07. The first-order valence-electron chi connectivity index (χ1n) is 11.3. The maximum Gasteiger partial charge on any atom is 0.308 e. The van der Waals surface area contributed by atoms with Gasteiger partial charge in [-0.05, 0) is 26.7 Å². The van der Waals surface area contributed by atoms with Crippen molar-refractivity contribution in [1.82, 2.24) is 0 Å².